The van der Waals surface area contributed by atoms with E-state index in [1.165, 1.54) is 32.0 Å². The molecule has 204 valence electrons. The molecular formula is C30H36ClF3N4. The summed E-state index contributed by atoms with van der Waals surface area (Å²) >= 11 is 6.23. The zero-order valence-corrected chi connectivity index (χ0v) is 23.3. The lowest BCUT2D eigenvalue weighted by Gasteiger charge is -2.32. The van der Waals surface area contributed by atoms with Gasteiger partial charge in [0.05, 0.1) is 16.1 Å². The highest BCUT2D eigenvalue weighted by molar-refractivity contribution is 6.35. The molecule has 3 aliphatic heterocycles. The molecule has 2 aromatic heterocycles. The highest BCUT2D eigenvalue weighted by Gasteiger charge is 2.29. The average Bonchev–Trinajstić information content (AvgIpc) is 3.67. The van der Waals surface area contributed by atoms with Crippen molar-refractivity contribution in [2.24, 2.45) is 0 Å². The van der Waals surface area contributed by atoms with Crippen molar-refractivity contribution in [2.75, 3.05) is 20.1 Å². The molecule has 7 rings (SSSR count). The Bertz CT molecular complexity index is 1450. The van der Waals surface area contributed by atoms with Crippen molar-refractivity contribution in [2.45, 2.75) is 71.1 Å². The summed E-state index contributed by atoms with van der Waals surface area (Å²) in [5.41, 5.74) is 3.94. The van der Waals surface area contributed by atoms with E-state index in [4.69, 9.17) is 11.6 Å². The van der Waals surface area contributed by atoms with Crippen LogP contribution in [0.1, 0.15) is 50.8 Å². The Morgan fingerprint density at radius 2 is 1.66 bits per heavy atom. The summed E-state index contributed by atoms with van der Waals surface area (Å²) in [5, 5.41) is 5.14. The first-order valence-electron chi connectivity index (χ1n) is 13.7. The zero-order valence-electron chi connectivity index (χ0n) is 22.5. The molecule has 1 saturated heterocycles. The lowest BCUT2D eigenvalue weighted by Crippen LogP contribution is -2.39. The van der Waals surface area contributed by atoms with Crippen LogP contribution < -0.4 is 5.32 Å². The van der Waals surface area contributed by atoms with Crippen LogP contribution in [0.15, 0.2) is 36.7 Å². The van der Waals surface area contributed by atoms with E-state index in [0.717, 1.165) is 46.9 Å². The fraction of sp³-hybridized carbons (Fsp3) is 0.467. The predicted octanol–water partition coefficient (Wildman–Crippen LogP) is 7.11. The van der Waals surface area contributed by atoms with Crippen LogP contribution in [0.2, 0.25) is 5.02 Å². The second-order valence-corrected chi connectivity index (χ2v) is 10.8. The molecular weight excluding hydrogens is 509 g/mol. The van der Waals surface area contributed by atoms with Gasteiger partial charge in [0, 0.05) is 47.8 Å². The van der Waals surface area contributed by atoms with Crippen LogP contribution in [0.25, 0.3) is 21.8 Å². The highest BCUT2D eigenvalue weighted by atomic mass is 35.5. The van der Waals surface area contributed by atoms with Gasteiger partial charge in [0.15, 0.2) is 11.6 Å². The zero-order chi connectivity index (χ0) is 27.1. The normalized spacial score (nSPS) is 22.3. The van der Waals surface area contributed by atoms with Crippen molar-refractivity contribution in [1.29, 1.82) is 0 Å². The number of likely N-dealkylation sites (tertiary alicyclic amines) is 1. The van der Waals surface area contributed by atoms with Gasteiger partial charge in [-0.1, -0.05) is 25.4 Å². The molecule has 2 aromatic carbocycles. The number of nitrogens with zero attached hydrogens (tertiary/aromatic N) is 3. The average molecular weight is 545 g/mol. The molecule has 3 atom stereocenters. The monoisotopic (exact) mass is 544 g/mol. The molecule has 3 aliphatic rings. The van der Waals surface area contributed by atoms with Gasteiger partial charge in [-0.25, -0.2) is 13.2 Å². The molecule has 0 spiro atoms. The molecule has 38 heavy (non-hydrogen) atoms. The Morgan fingerprint density at radius 1 is 0.947 bits per heavy atom. The van der Waals surface area contributed by atoms with E-state index in [0.29, 0.717) is 16.5 Å². The van der Waals surface area contributed by atoms with Crippen molar-refractivity contribution in [3.8, 4) is 0 Å². The minimum Gasteiger partial charge on any atom is -0.344 e. The smallest absolute Gasteiger partial charge is 0.168 e. The van der Waals surface area contributed by atoms with E-state index >= 15 is 0 Å². The third kappa shape index (κ3) is 4.63. The van der Waals surface area contributed by atoms with E-state index in [-0.39, 0.29) is 17.9 Å². The molecule has 0 radical (unpaired) electrons. The molecule has 0 amide bonds. The third-order valence-corrected chi connectivity index (χ3v) is 8.59. The largest absolute Gasteiger partial charge is 0.344 e. The number of aromatic nitrogens is 2. The predicted molar refractivity (Wildman–Crippen MR) is 150 cm³/mol. The second kappa shape index (κ2) is 10.9. The molecule has 0 saturated carbocycles. The van der Waals surface area contributed by atoms with Crippen molar-refractivity contribution in [3.63, 3.8) is 0 Å². The van der Waals surface area contributed by atoms with Crippen LogP contribution in [-0.4, -0.2) is 46.3 Å². The van der Waals surface area contributed by atoms with Crippen LogP contribution in [0, 0.1) is 17.5 Å². The summed E-state index contributed by atoms with van der Waals surface area (Å²) in [4.78, 5) is 2.54. The van der Waals surface area contributed by atoms with Gasteiger partial charge in [0.25, 0.3) is 0 Å². The Kier molecular flexibility index (Phi) is 7.81. The third-order valence-electron chi connectivity index (χ3n) is 8.29. The number of hydrogen-bond acceptors (Lipinski definition) is 2. The number of nitrogens with one attached hydrogen (secondary N) is 1. The van der Waals surface area contributed by atoms with Crippen LogP contribution in [0.5, 0.6) is 0 Å². The van der Waals surface area contributed by atoms with Gasteiger partial charge < -0.3 is 14.5 Å². The first-order valence-corrected chi connectivity index (χ1v) is 14.1. The SMILES string of the molecule is CC.CNC1Cc2cc(F)c(F)c3ccn(c23)C1C.Fc1cc2c3c(c1)c(Cl)cn3CC(N1CCCC1)C2. The Balaban J connectivity index is 0.000000146. The van der Waals surface area contributed by atoms with E-state index in [9.17, 15) is 13.2 Å². The van der Waals surface area contributed by atoms with Gasteiger partial charge in [-0.2, -0.15) is 0 Å². The number of rotatable bonds is 2. The summed E-state index contributed by atoms with van der Waals surface area (Å²) in [5.74, 6) is -1.67. The Labute approximate surface area is 227 Å². The summed E-state index contributed by atoms with van der Waals surface area (Å²) in [6.07, 6.45) is 8.04. The van der Waals surface area contributed by atoms with Gasteiger partial charge in [-0.05, 0) is 88.1 Å². The topological polar surface area (TPSA) is 25.1 Å². The van der Waals surface area contributed by atoms with Gasteiger partial charge in [0.1, 0.15) is 5.82 Å². The van der Waals surface area contributed by atoms with Crippen molar-refractivity contribution < 1.29 is 13.2 Å². The number of halogens is 4. The molecule has 8 heteroatoms. The quantitative estimate of drug-likeness (QED) is 0.291. The molecule has 1 N–H and O–H groups in total. The number of benzene rings is 2. The first kappa shape index (κ1) is 27.1. The van der Waals surface area contributed by atoms with E-state index in [2.05, 4.69) is 21.7 Å². The van der Waals surface area contributed by atoms with Gasteiger partial charge in [-0.15, -0.1) is 0 Å². The first-order chi connectivity index (χ1) is 18.4. The number of hydrogen-bond donors (Lipinski definition) is 1. The fourth-order valence-corrected chi connectivity index (χ4v) is 6.72. The van der Waals surface area contributed by atoms with Gasteiger partial charge in [0.2, 0.25) is 0 Å². The molecule has 1 fully saturated rings. The molecule has 0 bridgehead atoms. The van der Waals surface area contributed by atoms with E-state index < -0.39 is 11.6 Å². The van der Waals surface area contributed by atoms with Crippen molar-refractivity contribution in [1.82, 2.24) is 19.4 Å². The lowest BCUT2D eigenvalue weighted by atomic mass is 9.94. The summed E-state index contributed by atoms with van der Waals surface area (Å²) in [6.45, 7) is 9.41. The minimum atomic E-state index is -0.755. The summed E-state index contributed by atoms with van der Waals surface area (Å²) in [7, 11) is 1.90. The van der Waals surface area contributed by atoms with Gasteiger partial charge >= 0.3 is 0 Å². The standard InChI is InChI=1S/C15H16ClFN2.C13H14F2N2.C2H6/c16-14-9-19-8-12(18-3-1-2-4-18)6-10-5-11(17)7-13(14)15(10)19;1-7-11(16-2)6-8-5-10(14)12(15)9-3-4-17(7)13(8)9;1-2/h5,7,9,12H,1-4,6,8H2;3-5,7,11,16H,6H2,1-2H3;1-2H3. The fourth-order valence-electron chi connectivity index (χ4n) is 6.46. The lowest BCUT2D eigenvalue weighted by molar-refractivity contribution is 0.214. The summed E-state index contributed by atoms with van der Waals surface area (Å²) in [6, 6.07) is 7.20. The maximum Gasteiger partial charge on any atom is 0.168 e. The maximum atomic E-state index is 13.7. The number of likely N-dealkylation sites (N-methyl/N-ethyl adjacent to an activating group) is 1. The van der Waals surface area contributed by atoms with E-state index in [1.54, 1.807) is 18.2 Å². The van der Waals surface area contributed by atoms with Crippen LogP contribution in [-0.2, 0) is 19.4 Å². The second-order valence-electron chi connectivity index (χ2n) is 10.3. The molecule has 4 aromatic rings. The summed E-state index contributed by atoms with van der Waals surface area (Å²) < 4.78 is 45.1. The molecule has 5 heterocycles. The Hall–Kier alpha value is -2.48. The van der Waals surface area contributed by atoms with Crippen LogP contribution in [0.3, 0.4) is 0 Å². The highest BCUT2D eigenvalue weighted by Crippen LogP contribution is 2.36. The maximum absolute atomic E-state index is 13.7. The van der Waals surface area contributed by atoms with Gasteiger partial charge in [-0.3, -0.25) is 4.90 Å². The van der Waals surface area contributed by atoms with Crippen LogP contribution >= 0.6 is 11.6 Å². The Morgan fingerprint density at radius 3 is 2.37 bits per heavy atom. The minimum absolute atomic E-state index is 0.177. The molecule has 0 aliphatic carbocycles. The van der Waals surface area contributed by atoms with Crippen molar-refractivity contribution >= 4 is 33.4 Å². The molecule has 3 unspecified atom stereocenters. The van der Waals surface area contributed by atoms with E-state index in [1.807, 2.05) is 37.9 Å². The molecule has 4 nitrogen and oxygen atoms in total. The van der Waals surface area contributed by atoms with Crippen molar-refractivity contribution in [3.05, 3.63) is 70.3 Å². The van der Waals surface area contributed by atoms with Crippen LogP contribution in [0.4, 0.5) is 13.2 Å².